The van der Waals surface area contributed by atoms with Gasteiger partial charge in [-0.05, 0) is 69.2 Å². The van der Waals surface area contributed by atoms with Crippen LogP contribution in [0, 0.1) is 6.92 Å². The maximum atomic E-state index is 12.7. The van der Waals surface area contributed by atoms with Gasteiger partial charge in [-0.25, -0.2) is 0 Å². The zero-order valence-electron chi connectivity index (χ0n) is 21.5. The maximum Gasteiger partial charge on any atom is 0.255 e. The molecule has 0 atom stereocenters. The number of nitrogens with one attached hydrogen (secondary N) is 2. The van der Waals surface area contributed by atoms with Gasteiger partial charge in [0, 0.05) is 22.4 Å². The first-order chi connectivity index (χ1) is 17.7. The van der Waals surface area contributed by atoms with E-state index in [0.29, 0.717) is 28.8 Å². The first-order valence-corrected chi connectivity index (χ1v) is 13.1. The lowest BCUT2D eigenvalue weighted by Crippen LogP contribution is -2.41. The van der Waals surface area contributed by atoms with Gasteiger partial charge < -0.3 is 10.6 Å². The number of rotatable bonds is 8. The third kappa shape index (κ3) is 7.07. The number of hydrogen-bond acceptors (Lipinski definition) is 5. The first-order valence-electron chi connectivity index (χ1n) is 12.1. The molecule has 3 aromatic carbocycles. The van der Waals surface area contributed by atoms with Crippen LogP contribution in [-0.2, 0) is 11.3 Å². The Balaban J connectivity index is 1.55. The van der Waals surface area contributed by atoms with Crippen molar-refractivity contribution in [3.05, 3.63) is 95.6 Å². The molecule has 0 bridgehead atoms. The summed E-state index contributed by atoms with van der Waals surface area (Å²) < 4.78 is 2.02. The molecule has 0 aliphatic rings. The van der Waals surface area contributed by atoms with Crippen LogP contribution in [0.25, 0.3) is 11.4 Å². The monoisotopic (exact) mass is 513 g/mol. The largest absolute Gasteiger partial charge is 0.351 e. The molecule has 1 heterocycles. The fraction of sp³-hybridized carbons (Fsp3) is 0.241. The molecule has 7 nitrogen and oxygen atoms in total. The van der Waals surface area contributed by atoms with Gasteiger partial charge in [0.05, 0.1) is 12.3 Å². The number of carbonyl (C=O) groups excluding carboxylic acids is 2. The second kappa shape index (κ2) is 11.4. The highest BCUT2D eigenvalue weighted by atomic mass is 32.2. The Morgan fingerprint density at radius 2 is 1.57 bits per heavy atom. The van der Waals surface area contributed by atoms with Gasteiger partial charge in [-0.3, -0.25) is 14.2 Å². The molecular formula is C29H31N5O2S. The van der Waals surface area contributed by atoms with E-state index < -0.39 is 0 Å². The summed E-state index contributed by atoms with van der Waals surface area (Å²) in [5, 5.41) is 15.5. The Labute approximate surface area is 221 Å². The van der Waals surface area contributed by atoms with Gasteiger partial charge in [-0.1, -0.05) is 60.3 Å². The molecular weight excluding hydrogens is 482 g/mol. The number of thioether (sulfide) groups is 1. The van der Waals surface area contributed by atoms with Gasteiger partial charge in [0.15, 0.2) is 11.0 Å². The lowest BCUT2D eigenvalue weighted by Gasteiger charge is -2.20. The molecule has 0 saturated carbocycles. The van der Waals surface area contributed by atoms with Crippen LogP contribution < -0.4 is 10.6 Å². The number of benzene rings is 3. The van der Waals surface area contributed by atoms with Crippen LogP contribution in [0.15, 0.2) is 84.0 Å². The van der Waals surface area contributed by atoms with Crippen molar-refractivity contribution >= 4 is 29.3 Å². The zero-order valence-corrected chi connectivity index (χ0v) is 22.3. The van der Waals surface area contributed by atoms with Crippen LogP contribution in [0.3, 0.4) is 0 Å². The van der Waals surface area contributed by atoms with E-state index in [1.54, 1.807) is 0 Å². The van der Waals surface area contributed by atoms with E-state index in [-0.39, 0.29) is 23.1 Å². The highest BCUT2D eigenvalue weighted by Gasteiger charge is 2.19. The predicted molar refractivity (Wildman–Crippen MR) is 149 cm³/mol. The molecule has 4 rings (SSSR count). The topological polar surface area (TPSA) is 88.9 Å². The van der Waals surface area contributed by atoms with Crippen molar-refractivity contribution in [3.8, 4) is 11.4 Å². The van der Waals surface area contributed by atoms with Gasteiger partial charge in [0.2, 0.25) is 5.91 Å². The minimum Gasteiger partial charge on any atom is -0.351 e. The molecule has 0 aliphatic carbocycles. The molecule has 4 aromatic rings. The van der Waals surface area contributed by atoms with Crippen LogP contribution in [0.5, 0.6) is 0 Å². The minimum atomic E-state index is -0.295. The lowest BCUT2D eigenvalue weighted by molar-refractivity contribution is -0.119. The minimum absolute atomic E-state index is 0.0536. The zero-order chi connectivity index (χ0) is 26.4. The number of amides is 2. The second-order valence-electron chi connectivity index (χ2n) is 9.81. The molecule has 0 radical (unpaired) electrons. The summed E-state index contributed by atoms with van der Waals surface area (Å²) in [4.78, 5) is 25.1. The fourth-order valence-corrected chi connectivity index (χ4v) is 4.57. The van der Waals surface area contributed by atoms with E-state index in [1.165, 1.54) is 11.8 Å². The molecule has 37 heavy (non-hydrogen) atoms. The van der Waals surface area contributed by atoms with Gasteiger partial charge in [0.1, 0.15) is 0 Å². The van der Waals surface area contributed by atoms with Crippen molar-refractivity contribution in [2.24, 2.45) is 0 Å². The number of anilines is 1. The van der Waals surface area contributed by atoms with Crippen LogP contribution in [-0.4, -0.2) is 37.9 Å². The van der Waals surface area contributed by atoms with Crippen LogP contribution in [0.2, 0.25) is 0 Å². The molecule has 0 spiro atoms. The Kier molecular flexibility index (Phi) is 8.08. The summed E-state index contributed by atoms with van der Waals surface area (Å²) in [5.41, 5.74) is 3.93. The maximum absolute atomic E-state index is 12.7. The summed E-state index contributed by atoms with van der Waals surface area (Å²) in [5.74, 6) is 0.736. The Morgan fingerprint density at radius 3 is 2.24 bits per heavy atom. The molecule has 0 unspecified atom stereocenters. The average molecular weight is 514 g/mol. The number of carbonyl (C=O) groups is 2. The Hall–Kier alpha value is -3.91. The number of aryl methyl sites for hydroxylation is 1. The van der Waals surface area contributed by atoms with Crippen molar-refractivity contribution in [3.63, 3.8) is 0 Å². The van der Waals surface area contributed by atoms with Crippen molar-refractivity contribution < 1.29 is 9.59 Å². The van der Waals surface area contributed by atoms with Crippen molar-refractivity contribution in [1.82, 2.24) is 20.1 Å². The fourth-order valence-electron chi connectivity index (χ4n) is 3.83. The van der Waals surface area contributed by atoms with Gasteiger partial charge in [-0.2, -0.15) is 0 Å². The third-order valence-electron chi connectivity index (χ3n) is 5.54. The molecule has 190 valence electrons. The van der Waals surface area contributed by atoms with E-state index in [4.69, 9.17) is 0 Å². The Bertz CT molecular complexity index is 1380. The molecule has 2 N–H and O–H groups in total. The summed E-state index contributed by atoms with van der Waals surface area (Å²) in [6.45, 7) is 8.36. The van der Waals surface area contributed by atoms with E-state index >= 15 is 0 Å². The summed E-state index contributed by atoms with van der Waals surface area (Å²) in [6.07, 6.45) is 0. The molecule has 1 aromatic heterocycles. The highest BCUT2D eigenvalue weighted by molar-refractivity contribution is 7.99. The van der Waals surface area contributed by atoms with E-state index in [0.717, 1.165) is 16.7 Å². The number of aromatic nitrogens is 3. The SMILES string of the molecule is Cc1ccccc1C(=O)Nc1ccc(-c2nnc(SCC(=O)NC(C)(C)C)n2Cc2ccccc2)cc1. The smallest absolute Gasteiger partial charge is 0.255 e. The van der Waals surface area contributed by atoms with Gasteiger partial charge in [0.25, 0.3) is 5.91 Å². The average Bonchev–Trinajstić information content (AvgIpc) is 3.25. The van der Waals surface area contributed by atoms with Crippen LogP contribution in [0.1, 0.15) is 42.3 Å². The lowest BCUT2D eigenvalue weighted by atomic mass is 10.1. The van der Waals surface area contributed by atoms with E-state index in [1.807, 2.05) is 99.0 Å². The molecule has 0 aliphatic heterocycles. The van der Waals surface area contributed by atoms with E-state index in [9.17, 15) is 9.59 Å². The molecule has 0 fully saturated rings. The Morgan fingerprint density at radius 1 is 0.892 bits per heavy atom. The van der Waals surface area contributed by atoms with Crippen molar-refractivity contribution in [1.29, 1.82) is 0 Å². The second-order valence-corrected chi connectivity index (χ2v) is 10.8. The van der Waals surface area contributed by atoms with Crippen molar-refractivity contribution in [2.45, 2.75) is 44.9 Å². The molecule has 0 saturated heterocycles. The normalized spacial score (nSPS) is 11.2. The van der Waals surface area contributed by atoms with Gasteiger partial charge >= 0.3 is 0 Å². The van der Waals surface area contributed by atoms with Crippen molar-refractivity contribution in [2.75, 3.05) is 11.1 Å². The van der Waals surface area contributed by atoms with Crippen LogP contribution >= 0.6 is 11.8 Å². The summed E-state index contributed by atoms with van der Waals surface area (Å²) in [6, 6.07) is 25.1. The van der Waals surface area contributed by atoms with Gasteiger partial charge in [-0.15, -0.1) is 10.2 Å². The third-order valence-corrected chi connectivity index (χ3v) is 6.50. The highest BCUT2D eigenvalue weighted by Crippen LogP contribution is 2.26. The standard InChI is InChI=1S/C29H31N5O2S/c1-20-10-8-9-13-24(20)27(36)30-23-16-14-22(15-17-23)26-32-33-28(37-19-25(35)31-29(2,3)4)34(26)18-21-11-6-5-7-12-21/h5-17H,18-19H2,1-4H3,(H,30,36)(H,31,35). The van der Waals surface area contributed by atoms with E-state index in [2.05, 4.69) is 33.0 Å². The summed E-state index contributed by atoms with van der Waals surface area (Å²) in [7, 11) is 0. The quantitative estimate of drug-likeness (QED) is 0.301. The first kappa shape index (κ1) is 26.2. The number of hydrogen-bond donors (Lipinski definition) is 2. The molecule has 8 heteroatoms. The van der Waals surface area contributed by atoms with Crippen LogP contribution in [0.4, 0.5) is 5.69 Å². The number of nitrogens with zero attached hydrogens (tertiary/aromatic N) is 3. The predicted octanol–water partition coefficient (Wildman–Crippen LogP) is 5.56. The molecule has 2 amide bonds. The summed E-state index contributed by atoms with van der Waals surface area (Å²) >= 11 is 1.36.